The van der Waals surface area contributed by atoms with Crippen LogP contribution in [0.15, 0.2) is 36.7 Å². The van der Waals surface area contributed by atoms with E-state index in [2.05, 4.69) is 29.5 Å². The molecule has 4 rings (SSSR count). The molecule has 1 saturated heterocycles. The number of morpholine rings is 1. The zero-order valence-electron chi connectivity index (χ0n) is 17.6. The number of anilines is 1. The highest BCUT2D eigenvalue weighted by Gasteiger charge is 2.22. The summed E-state index contributed by atoms with van der Waals surface area (Å²) in [6.45, 7) is 6.79. The van der Waals surface area contributed by atoms with Crippen LogP contribution in [0.3, 0.4) is 0 Å². The van der Waals surface area contributed by atoms with Gasteiger partial charge in [-0.1, -0.05) is 18.2 Å². The number of nitrogens with one attached hydrogen (secondary N) is 2. The average Bonchev–Trinajstić information content (AvgIpc) is 3.21. The fourth-order valence-electron chi connectivity index (χ4n) is 3.47. The van der Waals surface area contributed by atoms with Crippen LogP contribution in [0.5, 0.6) is 0 Å². The summed E-state index contributed by atoms with van der Waals surface area (Å²) in [7, 11) is 0. The summed E-state index contributed by atoms with van der Waals surface area (Å²) in [5.74, 6) is 0.308. The number of benzene rings is 1. The quantitative estimate of drug-likeness (QED) is 0.498. The van der Waals surface area contributed by atoms with Gasteiger partial charge in [0.1, 0.15) is 11.6 Å². The summed E-state index contributed by atoms with van der Waals surface area (Å²) in [6, 6.07) is 7.89. The largest absolute Gasteiger partial charge is 0.478 e. The van der Waals surface area contributed by atoms with Gasteiger partial charge in [0.15, 0.2) is 17.3 Å². The van der Waals surface area contributed by atoms with Gasteiger partial charge in [0.25, 0.3) is 0 Å². The second kappa shape index (κ2) is 9.23. The Labute approximate surface area is 180 Å². The van der Waals surface area contributed by atoms with Gasteiger partial charge in [-0.3, -0.25) is 0 Å². The van der Waals surface area contributed by atoms with Crippen LogP contribution in [0, 0.1) is 0 Å². The highest BCUT2D eigenvalue weighted by atomic mass is 16.5. The van der Waals surface area contributed by atoms with E-state index in [9.17, 15) is 4.79 Å². The van der Waals surface area contributed by atoms with E-state index in [1.165, 1.54) is 0 Å². The Balaban J connectivity index is 1.63. The number of hydrogen-bond donors (Lipinski definition) is 3. The van der Waals surface area contributed by atoms with Crippen molar-refractivity contribution in [3.8, 4) is 0 Å². The third-order valence-electron chi connectivity index (χ3n) is 5.04. The molecule has 1 unspecified atom stereocenters. The van der Waals surface area contributed by atoms with E-state index in [1.54, 1.807) is 12.4 Å². The van der Waals surface area contributed by atoms with Crippen LogP contribution in [0.25, 0.3) is 17.2 Å². The average molecular weight is 422 g/mol. The first kappa shape index (κ1) is 21.0. The molecule has 9 nitrogen and oxygen atoms in total. The fourth-order valence-corrected chi connectivity index (χ4v) is 3.47. The molecular weight excluding hydrogens is 396 g/mol. The highest BCUT2D eigenvalue weighted by Crippen LogP contribution is 2.26. The lowest BCUT2D eigenvalue weighted by molar-refractivity contribution is -0.131. The number of rotatable bonds is 7. The third-order valence-corrected chi connectivity index (χ3v) is 5.04. The zero-order chi connectivity index (χ0) is 21.8. The number of ether oxygens (including phenoxy) is 1. The molecule has 162 valence electrons. The Morgan fingerprint density at radius 2 is 2.29 bits per heavy atom. The van der Waals surface area contributed by atoms with Gasteiger partial charge >= 0.3 is 5.97 Å². The minimum atomic E-state index is -0.973. The third kappa shape index (κ3) is 4.89. The van der Waals surface area contributed by atoms with Crippen molar-refractivity contribution in [2.75, 3.05) is 25.0 Å². The van der Waals surface area contributed by atoms with E-state index in [0.717, 1.165) is 29.4 Å². The van der Waals surface area contributed by atoms with Gasteiger partial charge in [0.2, 0.25) is 0 Å². The van der Waals surface area contributed by atoms with E-state index in [1.807, 2.05) is 28.8 Å². The number of imidazole rings is 1. The maximum Gasteiger partial charge on any atom is 0.328 e. The van der Waals surface area contributed by atoms with Crippen molar-refractivity contribution in [1.82, 2.24) is 24.8 Å². The van der Waals surface area contributed by atoms with Crippen molar-refractivity contribution >= 4 is 29.0 Å². The van der Waals surface area contributed by atoms with Gasteiger partial charge in [0, 0.05) is 31.8 Å². The lowest BCUT2D eigenvalue weighted by Gasteiger charge is -2.23. The van der Waals surface area contributed by atoms with Crippen LogP contribution in [-0.2, 0) is 16.1 Å². The minimum absolute atomic E-state index is 0.210. The molecule has 1 atom stereocenters. The predicted molar refractivity (Wildman–Crippen MR) is 118 cm³/mol. The van der Waals surface area contributed by atoms with E-state index in [-0.39, 0.29) is 12.1 Å². The Bertz CT molecular complexity index is 1100. The minimum Gasteiger partial charge on any atom is -0.478 e. The van der Waals surface area contributed by atoms with Gasteiger partial charge in [-0.05, 0) is 37.1 Å². The normalized spacial score (nSPS) is 16.9. The predicted octanol–water partition coefficient (Wildman–Crippen LogP) is 2.78. The van der Waals surface area contributed by atoms with Crippen LogP contribution in [-0.4, -0.2) is 50.3 Å². The molecule has 0 aliphatic carbocycles. The van der Waals surface area contributed by atoms with Crippen LogP contribution in [0.2, 0.25) is 0 Å². The van der Waals surface area contributed by atoms with Gasteiger partial charge in [-0.2, -0.15) is 0 Å². The monoisotopic (exact) mass is 422 g/mol. The molecule has 0 spiro atoms. The first-order valence-electron chi connectivity index (χ1n) is 10.3. The molecule has 1 aromatic carbocycles. The Morgan fingerprint density at radius 1 is 1.42 bits per heavy atom. The van der Waals surface area contributed by atoms with E-state index in [4.69, 9.17) is 19.8 Å². The van der Waals surface area contributed by atoms with Crippen LogP contribution in [0.4, 0.5) is 5.82 Å². The van der Waals surface area contributed by atoms with Gasteiger partial charge in [-0.25, -0.2) is 19.7 Å². The topological polar surface area (TPSA) is 114 Å². The first-order chi connectivity index (χ1) is 15.0. The first-order valence-corrected chi connectivity index (χ1v) is 10.3. The Morgan fingerprint density at radius 3 is 3.03 bits per heavy atom. The summed E-state index contributed by atoms with van der Waals surface area (Å²) in [5.41, 5.74) is 3.30. The Hall–Kier alpha value is -3.30. The summed E-state index contributed by atoms with van der Waals surface area (Å²) in [5, 5.41) is 15.5. The maximum absolute atomic E-state index is 10.8. The maximum atomic E-state index is 10.8. The van der Waals surface area contributed by atoms with Gasteiger partial charge in [0.05, 0.1) is 12.9 Å². The number of aromatic nitrogens is 4. The second-order valence-electron chi connectivity index (χ2n) is 7.68. The molecule has 9 heteroatoms. The SMILES string of the molecule is CC(C)n1cnc2c(NCc3cccc(/C=C/C(=O)O)c3)nc(C3CNCCO3)nc21. The fraction of sp³-hybridized carbons (Fsp3) is 0.364. The molecule has 0 bridgehead atoms. The number of aliphatic carboxylic acids is 1. The molecule has 0 amide bonds. The van der Waals surface area contributed by atoms with Crippen molar-refractivity contribution < 1.29 is 14.6 Å². The lowest BCUT2D eigenvalue weighted by Crippen LogP contribution is -2.34. The number of fused-ring (bicyclic) bond motifs is 1. The number of carbonyl (C=O) groups is 1. The van der Waals surface area contributed by atoms with Crippen LogP contribution in [0.1, 0.15) is 42.9 Å². The molecule has 2 aromatic heterocycles. The summed E-state index contributed by atoms with van der Waals surface area (Å²) < 4.78 is 7.90. The molecule has 0 saturated carbocycles. The number of carboxylic acid groups (broad SMARTS) is 1. The standard InChI is InChI=1S/C22H26N6O3/c1-14(2)28-13-25-19-21(26-20(27-22(19)28)17-12-23-8-9-31-17)24-11-16-5-3-4-15(10-16)6-7-18(29)30/h3-7,10,13-14,17,23H,8-9,11-12H2,1-2H3,(H,29,30)(H,24,26,27)/b7-6+. The number of carboxylic acids is 1. The van der Waals surface area contributed by atoms with Crippen molar-refractivity contribution in [3.63, 3.8) is 0 Å². The molecular formula is C22H26N6O3. The summed E-state index contributed by atoms with van der Waals surface area (Å²) >= 11 is 0. The smallest absolute Gasteiger partial charge is 0.328 e. The molecule has 1 aliphatic heterocycles. The van der Waals surface area contributed by atoms with Crippen molar-refractivity contribution in [2.24, 2.45) is 0 Å². The van der Waals surface area contributed by atoms with Gasteiger partial charge < -0.3 is 25.0 Å². The second-order valence-corrected chi connectivity index (χ2v) is 7.68. The van der Waals surface area contributed by atoms with Crippen LogP contribution >= 0.6 is 0 Å². The number of nitrogens with zero attached hydrogens (tertiary/aromatic N) is 4. The lowest BCUT2D eigenvalue weighted by atomic mass is 10.1. The van der Waals surface area contributed by atoms with Crippen molar-refractivity contribution in [1.29, 1.82) is 0 Å². The van der Waals surface area contributed by atoms with E-state index >= 15 is 0 Å². The highest BCUT2D eigenvalue weighted by molar-refractivity contribution is 5.85. The molecule has 0 radical (unpaired) electrons. The van der Waals surface area contributed by atoms with Crippen molar-refractivity contribution in [3.05, 3.63) is 53.6 Å². The molecule has 31 heavy (non-hydrogen) atoms. The Kier molecular flexibility index (Phi) is 6.24. The zero-order valence-corrected chi connectivity index (χ0v) is 17.6. The van der Waals surface area contributed by atoms with E-state index < -0.39 is 5.97 Å². The van der Waals surface area contributed by atoms with E-state index in [0.29, 0.717) is 36.9 Å². The summed E-state index contributed by atoms with van der Waals surface area (Å²) in [6.07, 6.45) is 4.28. The molecule has 3 aromatic rings. The number of hydrogen-bond acceptors (Lipinski definition) is 7. The molecule has 1 fully saturated rings. The summed E-state index contributed by atoms with van der Waals surface area (Å²) in [4.78, 5) is 24.8. The molecule has 3 N–H and O–H groups in total. The molecule has 3 heterocycles. The molecule has 1 aliphatic rings. The van der Waals surface area contributed by atoms with Crippen LogP contribution < -0.4 is 10.6 Å². The van der Waals surface area contributed by atoms with Crippen molar-refractivity contribution in [2.45, 2.75) is 32.5 Å². The van der Waals surface area contributed by atoms with Gasteiger partial charge in [-0.15, -0.1) is 0 Å².